The van der Waals surface area contributed by atoms with Crippen LogP contribution in [-0.2, 0) is 25.5 Å². The van der Waals surface area contributed by atoms with Crippen molar-refractivity contribution in [2.75, 3.05) is 16.8 Å². The first-order valence-corrected chi connectivity index (χ1v) is 14.2. The number of esters is 1. The number of carbonyl (C=O) groups is 4. The van der Waals surface area contributed by atoms with E-state index in [2.05, 4.69) is 29.6 Å². The number of imide groups is 1. The second kappa shape index (κ2) is 10.1. The fourth-order valence-electron chi connectivity index (χ4n) is 7.10. The lowest BCUT2D eigenvalue weighted by atomic mass is 9.55. The third kappa shape index (κ3) is 3.88. The predicted octanol–water partition coefficient (Wildman–Crippen LogP) is 5.44. The van der Waals surface area contributed by atoms with E-state index < -0.39 is 30.3 Å². The van der Waals surface area contributed by atoms with Gasteiger partial charge in [0.15, 0.2) is 6.61 Å². The highest BCUT2D eigenvalue weighted by Gasteiger charge is 2.62. The third-order valence-electron chi connectivity index (χ3n) is 8.82. The number of anilines is 2. The summed E-state index contributed by atoms with van der Waals surface area (Å²) in [6, 6.07) is 29.9. The third-order valence-corrected chi connectivity index (χ3v) is 8.82. The van der Waals surface area contributed by atoms with Gasteiger partial charge in [-0.1, -0.05) is 85.8 Å². The lowest BCUT2D eigenvalue weighted by Crippen LogP contribution is -2.41. The number of hydrogen-bond donors (Lipinski definition) is 1. The van der Waals surface area contributed by atoms with Crippen LogP contribution < -0.4 is 10.2 Å². The Morgan fingerprint density at radius 2 is 1.21 bits per heavy atom. The summed E-state index contributed by atoms with van der Waals surface area (Å²) in [7, 11) is 0. The Hall–Kier alpha value is -5.04. The Balaban J connectivity index is 1.17. The molecular weight excluding hydrogens is 528 g/mol. The number of rotatable bonds is 6. The molecule has 0 aromatic heterocycles. The minimum Gasteiger partial charge on any atom is -0.452 e. The van der Waals surface area contributed by atoms with Crippen molar-refractivity contribution in [3.8, 4) is 0 Å². The summed E-state index contributed by atoms with van der Waals surface area (Å²) in [5, 5.41) is 2.79. The number of aryl methyl sites for hydroxylation is 1. The Kier molecular flexibility index (Phi) is 6.23. The van der Waals surface area contributed by atoms with E-state index >= 15 is 0 Å². The second-order valence-corrected chi connectivity index (χ2v) is 10.9. The molecule has 3 amide bonds. The van der Waals surface area contributed by atoms with E-state index in [-0.39, 0.29) is 34.9 Å². The summed E-state index contributed by atoms with van der Waals surface area (Å²) < 4.78 is 5.38. The molecule has 7 nitrogen and oxygen atoms in total. The summed E-state index contributed by atoms with van der Waals surface area (Å²) in [4.78, 5) is 55.4. The Labute approximate surface area is 243 Å². The fraction of sp³-hybridized carbons (Fsp3) is 0.200. The molecule has 1 saturated heterocycles. The van der Waals surface area contributed by atoms with Crippen molar-refractivity contribution in [1.82, 2.24) is 0 Å². The first-order valence-electron chi connectivity index (χ1n) is 14.2. The van der Waals surface area contributed by atoms with Crippen molar-refractivity contribution in [2.24, 2.45) is 11.8 Å². The van der Waals surface area contributed by atoms with Gasteiger partial charge in [0.1, 0.15) is 0 Å². The smallest absolute Gasteiger partial charge is 0.340 e. The van der Waals surface area contributed by atoms with Gasteiger partial charge >= 0.3 is 5.97 Å². The van der Waals surface area contributed by atoms with Crippen molar-refractivity contribution in [3.63, 3.8) is 0 Å². The lowest BCUT2D eigenvalue weighted by molar-refractivity contribution is -0.122. The van der Waals surface area contributed by atoms with Gasteiger partial charge < -0.3 is 10.1 Å². The van der Waals surface area contributed by atoms with Gasteiger partial charge in [-0.15, -0.1) is 0 Å². The lowest BCUT2D eigenvalue weighted by Gasteiger charge is -2.45. The molecule has 3 aliphatic carbocycles. The summed E-state index contributed by atoms with van der Waals surface area (Å²) >= 11 is 0. The molecule has 208 valence electrons. The number of amides is 3. The molecule has 4 aliphatic rings. The number of ether oxygens (including phenoxy) is 1. The van der Waals surface area contributed by atoms with Crippen LogP contribution in [-0.4, -0.2) is 30.3 Å². The van der Waals surface area contributed by atoms with Crippen LogP contribution in [0.5, 0.6) is 0 Å². The van der Waals surface area contributed by atoms with Crippen molar-refractivity contribution >= 4 is 35.1 Å². The first kappa shape index (κ1) is 25.9. The molecular formula is C35H28N2O5. The van der Waals surface area contributed by atoms with E-state index in [4.69, 9.17) is 4.74 Å². The van der Waals surface area contributed by atoms with Crippen LogP contribution in [0.4, 0.5) is 11.4 Å². The molecule has 1 heterocycles. The maximum atomic E-state index is 14.2. The minimum absolute atomic E-state index is 0.0574. The maximum absolute atomic E-state index is 14.2. The van der Waals surface area contributed by atoms with Gasteiger partial charge in [-0.05, 0) is 52.4 Å². The Bertz CT molecular complexity index is 1660. The number of nitrogens with one attached hydrogen (secondary N) is 1. The second-order valence-electron chi connectivity index (χ2n) is 10.9. The van der Waals surface area contributed by atoms with E-state index in [9.17, 15) is 19.2 Å². The average Bonchev–Trinajstić information content (AvgIpc) is 3.29. The molecule has 8 rings (SSSR count). The van der Waals surface area contributed by atoms with Gasteiger partial charge in [-0.25, -0.2) is 9.69 Å². The molecule has 42 heavy (non-hydrogen) atoms. The van der Waals surface area contributed by atoms with E-state index in [1.54, 1.807) is 24.3 Å². The molecule has 0 radical (unpaired) electrons. The van der Waals surface area contributed by atoms with Gasteiger partial charge in [-0.2, -0.15) is 0 Å². The molecule has 2 bridgehead atoms. The van der Waals surface area contributed by atoms with Gasteiger partial charge in [0.05, 0.1) is 23.1 Å². The molecule has 0 spiro atoms. The molecule has 0 saturated carbocycles. The van der Waals surface area contributed by atoms with Crippen LogP contribution in [0.3, 0.4) is 0 Å². The van der Waals surface area contributed by atoms with Gasteiger partial charge in [0.2, 0.25) is 11.8 Å². The number of nitrogens with zero attached hydrogens (tertiary/aromatic N) is 1. The molecule has 1 aliphatic heterocycles. The highest BCUT2D eigenvalue weighted by Crippen LogP contribution is 2.61. The number of benzene rings is 4. The fourth-order valence-corrected chi connectivity index (χ4v) is 7.10. The monoisotopic (exact) mass is 556 g/mol. The number of hydrogen-bond acceptors (Lipinski definition) is 5. The zero-order valence-electron chi connectivity index (χ0n) is 22.9. The van der Waals surface area contributed by atoms with Crippen molar-refractivity contribution in [2.45, 2.75) is 25.2 Å². The quantitative estimate of drug-likeness (QED) is 0.252. The normalized spacial score (nSPS) is 21.4. The van der Waals surface area contributed by atoms with E-state index in [1.807, 2.05) is 49.4 Å². The van der Waals surface area contributed by atoms with Crippen LogP contribution in [0, 0.1) is 11.8 Å². The van der Waals surface area contributed by atoms with Crippen LogP contribution in [0.2, 0.25) is 0 Å². The maximum Gasteiger partial charge on any atom is 0.340 e. The summed E-state index contributed by atoms with van der Waals surface area (Å²) in [6.45, 7) is 1.48. The standard InChI is InChI=1S/C35H28N2O5/c1-2-20-11-3-9-17-26(20)36-28(38)19-42-35(41)25-16-8-10-18-27(25)37-33(39)31-29-21-12-4-5-13-22(21)30(32(31)34(37)40)24-15-7-6-14-23(24)29/h3-18,29-32H,2,19H2,1H3,(H,36,38)/t29?,30?,31-,32-/m1/s1. The largest absolute Gasteiger partial charge is 0.452 e. The molecule has 1 N–H and O–H groups in total. The summed E-state index contributed by atoms with van der Waals surface area (Å²) in [6.07, 6.45) is 0.737. The highest BCUT2D eigenvalue weighted by molar-refractivity contribution is 6.25. The molecule has 0 unspecified atom stereocenters. The van der Waals surface area contributed by atoms with Crippen molar-refractivity contribution < 1.29 is 23.9 Å². The van der Waals surface area contributed by atoms with E-state index in [0.717, 1.165) is 34.2 Å². The molecule has 2 atom stereocenters. The molecule has 7 heteroatoms. The van der Waals surface area contributed by atoms with Crippen LogP contribution in [0.1, 0.15) is 56.9 Å². The van der Waals surface area contributed by atoms with Crippen molar-refractivity contribution in [1.29, 1.82) is 0 Å². The number of para-hydroxylation sites is 2. The van der Waals surface area contributed by atoms with Crippen LogP contribution in [0.25, 0.3) is 0 Å². The predicted molar refractivity (Wildman–Crippen MR) is 157 cm³/mol. The topological polar surface area (TPSA) is 92.8 Å². The van der Waals surface area contributed by atoms with Gasteiger partial charge in [-0.3, -0.25) is 14.4 Å². The Morgan fingerprint density at radius 3 is 1.79 bits per heavy atom. The summed E-state index contributed by atoms with van der Waals surface area (Å²) in [5.41, 5.74) is 6.17. The Morgan fingerprint density at radius 1 is 0.714 bits per heavy atom. The van der Waals surface area contributed by atoms with E-state index in [0.29, 0.717) is 5.69 Å². The van der Waals surface area contributed by atoms with Gasteiger partial charge in [0.25, 0.3) is 5.91 Å². The van der Waals surface area contributed by atoms with Crippen molar-refractivity contribution in [3.05, 3.63) is 130 Å². The molecule has 4 aromatic rings. The highest BCUT2D eigenvalue weighted by atomic mass is 16.5. The van der Waals surface area contributed by atoms with Crippen LogP contribution >= 0.6 is 0 Å². The zero-order chi connectivity index (χ0) is 29.0. The average molecular weight is 557 g/mol. The zero-order valence-corrected chi connectivity index (χ0v) is 22.9. The van der Waals surface area contributed by atoms with E-state index in [1.165, 1.54) is 11.0 Å². The molecule has 4 aromatic carbocycles. The summed E-state index contributed by atoms with van der Waals surface area (Å²) in [5.74, 6) is -3.54. The minimum atomic E-state index is -0.783. The van der Waals surface area contributed by atoms with Gasteiger partial charge in [0, 0.05) is 17.5 Å². The molecule has 1 fully saturated rings. The SMILES string of the molecule is CCc1ccccc1NC(=O)COC(=O)c1ccccc1N1C(=O)[C@@H]2C3c4ccccc4C(c4ccccc43)[C@H]2C1=O. The van der Waals surface area contributed by atoms with Crippen LogP contribution in [0.15, 0.2) is 97.1 Å². The first-order chi connectivity index (χ1) is 20.5. The number of carbonyl (C=O) groups excluding carboxylic acids is 4.